The highest BCUT2D eigenvalue weighted by Crippen LogP contribution is 2.26. The molecule has 0 aliphatic carbocycles. The van der Waals surface area contributed by atoms with Crippen molar-refractivity contribution in [3.8, 4) is 0 Å². The van der Waals surface area contributed by atoms with Crippen LogP contribution in [0, 0.1) is 0 Å². The smallest absolute Gasteiger partial charge is 0.423 e. The number of nitrogens with zero attached hydrogens (tertiary/aromatic N) is 1. The fourth-order valence-electron chi connectivity index (χ4n) is 1.80. The van der Waals surface area contributed by atoms with Gasteiger partial charge in [0.25, 0.3) is 0 Å². The van der Waals surface area contributed by atoms with Crippen molar-refractivity contribution >= 4 is 38.5 Å². The Hall–Kier alpha value is -0.445. The molecule has 1 rings (SSSR count). The molecule has 0 fully saturated rings. The van der Waals surface area contributed by atoms with Crippen molar-refractivity contribution in [2.45, 2.75) is 49.1 Å². The Kier molecular flexibility index (Phi) is 6.69. The van der Waals surface area contributed by atoms with E-state index in [1.54, 1.807) is 27.7 Å². The van der Waals surface area contributed by atoms with Crippen LogP contribution in [0.4, 0.5) is 0 Å². The van der Waals surface area contributed by atoms with Crippen LogP contribution in [0.3, 0.4) is 0 Å². The number of aliphatic hydroxyl groups is 1. The molecule has 9 heteroatoms. The summed E-state index contributed by atoms with van der Waals surface area (Å²) in [5.41, 5.74) is -1.14. The van der Waals surface area contributed by atoms with Crippen molar-refractivity contribution in [2.75, 3.05) is 14.1 Å². The van der Waals surface area contributed by atoms with Gasteiger partial charge < -0.3 is 14.8 Å². The summed E-state index contributed by atoms with van der Waals surface area (Å²) in [5, 5.41) is 20.9. The summed E-state index contributed by atoms with van der Waals surface area (Å²) < 4.78 is 31.2. The molecule has 1 aromatic carbocycles. The number of benzene rings is 1. The van der Waals surface area contributed by atoms with Gasteiger partial charge in [0.2, 0.25) is 10.0 Å². The summed E-state index contributed by atoms with van der Waals surface area (Å²) in [5.74, 6) is 0. The lowest BCUT2D eigenvalue weighted by Crippen LogP contribution is -2.53. The molecule has 136 valence electrons. The summed E-state index contributed by atoms with van der Waals surface area (Å²) >= 11 is 3.31. The van der Waals surface area contributed by atoms with Gasteiger partial charge in [-0.2, -0.15) is 0 Å². The van der Waals surface area contributed by atoms with E-state index in [0.717, 1.165) is 4.31 Å². The minimum atomic E-state index is -3.56. The van der Waals surface area contributed by atoms with Gasteiger partial charge in [-0.1, -0.05) is 22.0 Å². The Morgan fingerprint density at radius 1 is 1.25 bits per heavy atom. The first-order valence-electron chi connectivity index (χ1n) is 7.43. The Balaban J connectivity index is 3.23. The Labute approximate surface area is 153 Å². The molecule has 0 radical (unpaired) electrons. The van der Waals surface area contributed by atoms with E-state index in [0.29, 0.717) is 16.4 Å². The van der Waals surface area contributed by atoms with E-state index in [2.05, 4.69) is 15.9 Å². The molecule has 0 saturated heterocycles. The lowest BCUT2D eigenvalue weighted by molar-refractivity contribution is -0.0982. The van der Waals surface area contributed by atoms with Gasteiger partial charge in [-0.15, -0.1) is 0 Å². The van der Waals surface area contributed by atoms with Crippen LogP contribution in [-0.4, -0.2) is 55.3 Å². The fraction of sp³-hybridized carbons (Fsp3) is 0.600. The number of hydrogen-bond acceptors (Lipinski definition) is 5. The molecular formula is C15H25BBrNO5S. The molecule has 0 aromatic heterocycles. The number of hydrogen-bond donors (Lipinski definition) is 2. The van der Waals surface area contributed by atoms with Gasteiger partial charge in [0, 0.05) is 19.4 Å². The highest BCUT2D eigenvalue weighted by Gasteiger charge is 2.40. The SMILES string of the molecule is CN(C)S(=O)(=O)c1ccc(B(O)OC(C)(C)C(C)(C)O)c(CBr)c1. The maximum atomic E-state index is 12.2. The van der Waals surface area contributed by atoms with Crippen LogP contribution in [0.1, 0.15) is 33.3 Å². The molecule has 0 bridgehead atoms. The second-order valence-corrected chi connectivity index (χ2v) is 9.53. The molecule has 24 heavy (non-hydrogen) atoms. The van der Waals surface area contributed by atoms with Crippen LogP contribution >= 0.6 is 15.9 Å². The standard InChI is InChI=1S/C15H25BBrNO5S/c1-14(2,19)15(3,4)23-16(20)13-8-7-12(9-11(13)10-17)24(21,22)18(5)6/h7-9,19-20H,10H2,1-6H3. The molecule has 0 heterocycles. The third-order valence-corrected chi connectivity index (χ3v) is 6.60. The van der Waals surface area contributed by atoms with E-state index < -0.39 is 28.3 Å². The van der Waals surface area contributed by atoms with Gasteiger partial charge in [0.15, 0.2) is 0 Å². The maximum Gasteiger partial charge on any atom is 0.491 e. The van der Waals surface area contributed by atoms with E-state index in [1.807, 2.05) is 0 Å². The molecule has 0 aliphatic heterocycles. The topological polar surface area (TPSA) is 87.1 Å². The molecular weight excluding hydrogens is 397 g/mol. The fourth-order valence-corrected chi connectivity index (χ4v) is 3.24. The van der Waals surface area contributed by atoms with Crippen LogP contribution in [-0.2, 0) is 20.0 Å². The van der Waals surface area contributed by atoms with E-state index in [9.17, 15) is 18.5 Å². The first kappa shape index (κ1) is 21.6. The number of halogens is 1. The zero-order chi connectivity index (χ0) is 18.9. The van der Waals surface area contributed by atoms with Crippen LogP contribution in [0.25, 0.3) is 0 Å². The Morgan fingerprint density at radius 2 is 1.79 bits per heavy atom. The molecule has 0 atom stereocenters. The molecule has 2 N–H and O–H groups in total. The summed E-state index contributed by atoms with van der Waals surface area (Å²) in [4.78, 5) is 0.139. The van der Waals surface area contributed by atoms with Crippen LogP contribution in [0.2, 0.25) is 0 Å². The van der Waals surface area contributed by atoms with Gasteiger partial charge in [0.1, 0.15) is 0 Å². The zero-order valence-electron chi connectivity index (χ0n) is 14.9. The minimum absolute atomic E-state index is 0.139. The van der Waals surface area contributed by atoms with Crippen LogP contribution in [0.15, 0.2) is 23.1 Å². The normalized spacial score (nSPS) is 13.4. The average Bonchev–Trinajstić information content (AvgIpc) is 2.44. The first-order chi connectivity index (χ1) is 10.7. The van der Waals surface area contributed by atoms with E-state index in [-0.39, 0.29) is 4.90 Å². The average molecular weight is 422 g/mol. The highest BCUT2D eigenvalue weighted by atomic mass is 79.9. The van der Waals surface area contributed by atoms with Crippen molar-refractivity contribution in [1.29, 1.82) is 0 Å². The zero-order valence-corrected chi connectivity index (χ0v) is 17.3. The third kappa shape index (κ3) is 4.59. The first-order valence-corrected chi connectivity index (χ1v) is 10.00. The van der Waals surface area contributed by atoms with Crippen molar-refractivity contribution in [3.63, 3.8) is 0 Å². The van der Waals surface area contributed by atoms with Crippen molar-refractivity contribution < 1.29 is 23.2 Å². The minimum Gasteiger partial charge on any atom is -0.423 e. The Morgan fingerprint density at radius 3 is 2.21 bits per heavy atom. The predicted molar refractivity (Wildman–Crippen MR) is 99.0 cm³/mol. The predicted octanol–water partition coefficient (Wildman–Crippen LogP) is 1.09. The Bertz CT molecular complexity index is 686. The number of rotatable bonds is 7. The molecule has 0 unspecified atom stereocenters. The molecule has 6 nitrogen and oxygen atoms in total. The van der Waals surface area contributed by atoms with Crippen molar-refractivity contribution in [1.82, 2.24) is 4.31 Å². The van der Waals surface area contributed by atoms with Gasteiger partial charge in [-0.25, -0.2) is 12.7 Å². The molecule has 0 spiro atoms. The quantitative estimate of drug-likeness (QED) is 0.508. The molecule has 0 aliphatic rings. The summed E-state index contributed by atoms with van der Waals surface area (Å²) in [6, 6.07) is 4.46. The van der Waals surface area contributed by atoms with Gasteiger partial charge >= 0.3 is 7.12 Å². The largest absolute Gasteiger partial charge is 0.491 e. The molecule has 0 amide bonds. The summed E-state index contributed by atoms with van der Waals surface area (Å²) in [6.07, 6.45) is 0. The maximum absolute atomic E-state index is 12.2. The van der Waals surface area contributed by atoms with Crippen LogP contribution < -0.4 is 5.46 Å². The van der Waals surface area contributed by atoms with Gasteiger partial charge in [-0.3, -0.25) is 0 Å². The third-order valence-electron chi connectivity index (χ3n) is 4.18. The highest BCUT2D eigenvalue weighted by molar-refractivity contribution is 9.08. The lowest BCUT2D eigenvalue weighted by Gasteiger charge is -2.38. The van der Waals surface area contributed by atoms with Gasteiger partial charge in [0.05, 0.1) is 16.1 Å². The van der Waals surface area contributed by atoms with E-state index in [4.69, 9.17) is 4.65 Å². The second kappa shape index (κ2) is 7.43. The van der Waals surface area contributed by atoms with Crippen molar-refractivity contribution in [3.05, 3.63) is 23.8 Å². The summed E-state index contributed by atoms with van der Waals surface area (Å²) in [7, 11) is -1.94. The lowest BCUT2D eigenvalue weighted by atomic mass is 9.74. The van der Waals surface area contributed by atoms with E-state index in [1.165, 1.54) is 32.3 Å². The van der Waals surface area contributed by atoms with Crippen molar-refractivity contribution in [2.24, 2.45) is 0 Å². The second-order valence-electron chi connectivity index (χ2n) is 6.82. The van der Waals surface area contributed by atoms with Crippen LogP contribution in [0.5, 0.6) is 0 Å². The molecule has 1 aromatic rings. The van der Waals surface area contributed by atoms with E-state index >= 15 is 0 Å². The monoisotopic (exact) mass is 421 g/mol. The molecule has 0 saturated carbocycles. The summed E-state index contributed by atoms with van der Waals surface area (Å²) in [6.45, 7) is 6.54. The number of alkyl halides is 1. The number of sulfonamides is 1. The van der Waals surface area contributed by atoms with Gasteiger partial charge in [-0.05, 0) is 50.9 Å².